The maximum absolute atomic E-state index is 13.6. The molecule has 0 saturated heterocycles. The topological polar surface area (TPSA) is 143 Å². The minimum atomic E-state index is -2.04. The van der Waals surface area contributed by atoms with Crippen molar-refractivity contribution in [2.24, 2.45) is 5.73 Å². The van der Waals surface area contributed by atoms with E-state index in [4.69, 9.17) is 24.7 Å². The fourth-order valence-corrected chi connectivity index (χ4v) is 3.97. The Balaban J connectivity index is 2.36. The van der Waals surface area contributed by atoms with Crippen molar-refractivity contribution < 1.29 is 38.1 Å². The molecule has 2 aliphatic heterocycles. The van der Waals surface area contributed by atoms with Crippen molar-refractivity contribution in [1.29, 1.82) is 0 Å². The van der Waals surface area contributed by atoms with Crippen LogP contribution in [0.3, 0.4) is 0 Å². The number of anilines is 1. The molecule has 0 saturated carbocycles. The fraction of sp³-hybridized carbons (Fsp3) is 0.391. The number of para-hydroxylation sites is 1. The molecule has 1 aromatic carbocycles. The van der Waals surface area contributed by atoms with E-state index < -0.39 is 47.6 Å². The van der Waals surface area contributed by atoms with Crippen molar-refractivity contribution >= 4 is 29.5 Å². The third-order valence-corrected chi connectivity index (χ3v) is 5.06. The van der Waals surface area contributed by atoms with Crippen LogP contribution >= 0.6 is 0 Å². The molecule has 1 atom stereocenters. The molecule has 3 N–H and O–H groups in total. The summed E-state index contributed by atoms with van der Waals surface area (Å²) in [7, 11) is 0. The summed E-state index contributed by atoms with van der Waals surface area (Å²) in [6, 6.07) is 6.53. The molecule has 0 unspecified atom stereocenters. The first-order valence-corrected chi connectivity index (χ1v) is 10.5. The van der Waals surface area contributed by atoms with Gasteiger partial charge in [0.25, 0.3) is 0 Å². The molecular weight excluding hydrogens is 432 g/mol. The first kappa shape index (κ1) is 23.8. The predicted molar refractivity (Wildman–Crippen MR) is 115 cm³/mol. The molecule has 10 heteroatoms. The Kier molecular flexibility index (Phi) is 6.75. The number of carbonyl (C=O) groups excluding carboxylic acids is 4. The van der Waals surface area contributed by atoms with Crippen molar-refractivity contribution in [2.75, 3.05) is 18.5 Å². The number of nitrogens with two attached hydrogens (primary N) is 1. The molecule has 2 aliphatic rings. The Hall–Kier alpha value is -3.82. The highest BCUT2D eigenvalue weighted by Gasteiger charge is 2.62. The van der Waals surface area contributed by atoms with E-state index in [0.29, 0.717) is 5.69 Å². The second-order valence-corrected chi connectivity index (χ2v) is 7.55. The van der Waals surface area contributed by atoms with Crippen molar-refractivity contribution in [2.45, 2.75) is 45.6 Å². The summed E-state index contributed by atoms with van der Waals surface area (Å²) in [5.41, 5.74) is 4.05. The van der Waals surface area contributed by atoms with Crippen molar-refractivity contribution in [3.63, 3.8) is 0 Å². The molecule has 176 valence electrons. The van der Waals surface area contributed by atoms with Crippen LogP contribution in [0.5, 0.6) is 0 Å². The highest BCUT2D eigenvalue weighted by atomic mass is 16.6. The molecular formula is C23H26N2O8. The number of amides is 1. The minimum absolute atomic E-state index is 0.0284. The van der Waals surface area contributed by atoms with E-state index >= 15 is 0 Å². The van der Waals surface area contributed by atoms with Crippen LogP contribution in [0.15, 0.2) is 47.1 Å². The Morgan fingerprint density at radius 3 is 2.36 bits per heavy atom. The maximum Gasteiger partial charge on any atom is 0.341 e. The van der Waals surface area contributed by atoms with Gasteiger partial charge in [-0.25, -0.2) is 9.59 Å². The Morgan fingerprint density at radius 2 is 1.73 bits per heavy atom. The summed E-state index contributed by atoms with van der Waals surface area (Å²) in [5, 5.41) is 2.69. The molecule has 33 heavy (non-hydrogen) atoms. The monoisotopic (exact) mass is 458 g/mol. The number of esters is 3. The van der Waals surface area contributed by atoms with E-state index in [1.54, 1.807) is 52.0 Å². The van der Waals surface area contributed by atoms with Crippen molar-refractivity contribution in [3.8, 4) is 0 Å². The van der Waals surface area contributed by atoms with Gasteiger partial charge in [-0.05, 0) is 33.8 Å². The lowest BCUT2D eigenvalue weighted by molar-refractivity contribution is -0.145. The van der Waals surface area contributed by atoms with Crippen LogP contribution in [0.2, 0.25) is 0 Å². The molecule has 1 spiro atoms. The molecule has 3 rings (SSSR count). The zero-order valence-electron chi connectivity index (χ0n) is 18.9. The lowest BCUT2D eigenvalue weighted by Crippen LogP contribution is -2.49. The fourth-order valence-electron chi connectivity index (χ4n) is 3.97. The maximum atomic E-state index is 13.6. The van der Waals surface area contributed by atoms with Crippen LogP contribution in [-0.2, 0) is 43.5 Å². The Morgan fingerprint density at radius 1 is 1.06 bits per heavy atom. The predicted octanol–water partition coefficient (Wildman–Crippen LogP) is 1.80. The van der Waals surface area contributed by atoms with Gasteiger partial charge in [0.2, 0.25) is 11.8 Å². The number of fused-ring (bicyclic) bond motifs is 2. The molecule has 0 aliphatic carbocycles. The molecule has 10 nitrogen and oxygen atoms in total. The van der Waals surface area contributed by atoms with Gasteiger partial charge >= 0.3 is 17.9 Å². The number of ether oxygens (including phenoxy) is 4. The third kappa shape index (κ3) is 4.04. The van der Waals surface area contributed by atoms with Crippen LogP contribution < -0.4 is 11.1 Å². The molecule has 0 fully saturated rings. The van der Waals surface area contributed by atoms with Gasteiger partial charge in [-0.3, -0.25) is 9.59 Å². The van der Waals surface area contributed by atoms with Gasteiger partial charge in [0.15, 0.2) is 0 Å². The van der Waals surface area contributed by atoms with Crippen LogP contribution in [0.4, 0.5) is 5.69 Å². The molecule has 1 amide bonds. The van der Waals surface area contributed by atoms with Gasteiger partial charge in [0, 0.05) is 11.3 Å². The lowest BCUT2D eigenvalue weighted by Gasteiger charge is -2.36. The molecule has 0 radical (unpaired) electrons. The van der Waals surface area contributed by atoms with Gasteiger partial charge in [-0.15, -0.1) is 0 Å². The van der Waals surface area contributed by atoms with Gasteiger partial charge in [0.1, 0.15) is 28.7 Å². The summed E-state index contributed by atoms with van der Waals surface area (Å²) in [6.07, 6.45) is -1.06. The van der Waals surface area contributed by atoms with Crippen LogP contribution in [0.25, 0.3) is 0 Å². The number of rotatable bonds is 7. The lowest BCUT2D eigenvalue weighted by atomic mass is 9.67. The summed E-state index contributed by atoms with van der Waals surface area (Å²) < 4.78 is 21.2. The summed E-state index contributed by atoms with van der Waals surface area (Å²) in [5.74, 6) is -4.01. The molecule has 0 bridgehead atoms. The zero-order chi connectivity index (χ0) is 24.3. The Labute approximate surface area is 190 Å². The number of benzene rings is 1. The average molecular weight is 458 g/mol. The zero-order valence-corrected chi connectivity index (χ0v) is 18.9. The first-order valence-electron chi connectivity index (χ1n) is 10.5. The number of hydrogen-bond donors (Lipinski definition) is 2. The molecule has 1 aromatic rings. The van der Waals surface area contributed by atoms with Crippen LogP contribution in [0, 0.1) is 0 Å². The molecule has 0 aromatic heterocycles. The van der Waals surface area contributed by atoms with E-state index in [2.05, 4.69) is 5.32 Å². The average Bonchev–Trinajstić information content (AvgIpc) is 3.00. The highest BCUT2D eigenvalue weighted by molar-refractivity contribution is 6.21. The van der Waals surface area contributed by atoms with Gasteiger partial charge in [0.05, 0.1) is 19.3 Å². The second kappa shape index (κ2) is 9.35. The van der Waals surface area contributed by atoms with Gasteiger partial charge < -0.3 is 30.0 Å². The summed E-state index contributed by atoms with van der Waals surface area (Å²) >= 11 is 0. The van der Waals surface area contributed by atoms with Gasteiger partial charge in [-0.2, -0.15) is 0 Å². The van der Waals surface area contributed by atoms with Crippen LogP contribution in [-0.4, -0.2) is 43.1 Å². The third-order valence-electron chi connectivity index (χ3n) is 5.06. The van der Waals surface area contributed by atoms with E-state index in [9.17, 15) is 19.2 Å². The van der Waals surface area contributed by atoms with Crippen molar-refractivity contribution in [1.82, 2.24) is 0 Å². The smallest absolute Gasteiger partial charge is 0.341 e. The van der Waals surface area contributed by atoms with E-state index in [0.717, 1.165) is 0 Å². The van der Waals surface area contributed by atoms with E-state index in [-0.39, 0.29) is 35.7 Å². The number of nitrogens with one attached hydrogen (secondary N) is 1. The number of hydrogen-bond acceptors (Lipinski definition) is 9. The second-order valence-electron chi connectivity index (χ2n) is 7.55. The quantitative estimate of drug-likeness (QED) is 0.462. The number of carbonyl (C=O) groups is 4. The molecule has 2 heterocycles. The summed E-state index contributed by atoms with van der Waals surface area (Å²) in [6.45, 7) is 6.52. The minimum Gasteiger partial charge on any atom is -0.466 e. The standard InChI is InChI=1S/C23H26N2O8/c1-5-30-16(26)11-15-17(20(27)31-6-2)23(13-9-7-8-10-14(13)25-22(23)29)18(19(24)33-15)21(28)32-12(3)4/h7-10,12H,5-6,11,24H2,1-4H3,(H,25,29)/t23-/m1/s1. The first-order chi connectivity index (χ1) is 15.7. The highest BCUT2D eigenvalue weighted by Crippen LogP contribution is 2.53. The SMILES string of the molecule is CCOC(=O)CC1=C(C(=O)OCC)[C@@]2(C(=O)Nc3ccccc32)C(C(=O)OC(C)C)=C(N)O1. The van der Waals surface area contributed by atoms with E-state index in [1.165, 1.54) is 0 Å². The normalized spacial score (nSPS) is 19.2. The Bertz CT molecular complexity index is 1070. The summed E-state index contributed by atoms with van der Waals surface area (Å²) in [4.78, 5) is 52.4. The van der Waals surface area contributed by atoms with Gasteiger partial charge in [-0.1, -0.05) is 18.2 Å². The van der Waals surface area contributed by atoms with E-state index in [1.807, 2.05) is 0 Å². The van der Waals surface area contributed by atoms with Crippen LogP contribution in [0.1, 0.15) is 39.7 Å². The largest absolute Gasteiger partial charge is 0.466 e. The van der Waals surface area contributed by atoms with Crippen molar-refractivity contribution in [3.05, 3.63) is 52.6 Å².